The summed E-state index contributed by atoms with van der Waals surface area (Å²) in [7, 11) is 0. The molecule has 1 aliphatic rings. The highest BCUT2D eigenvalue weighted by Gasteiger charge is 2.20. The Morgan fingerprint density at radius 3 is 3.06 bits per heavy atom. The van der Waals surface area contributed by atoms with Crippen molar-refractivity contribution in [1.29, 1.82) is 0 Å². The van der Waals surface area contributed by atoms with Crippen molar-refractivity contribution in [2.45, 2.75) is 32.3 Å². The molecule has 2 unspecified atom stereocenters. The van der Waals surface area contributed by atoms with E-state index in [1.54, 1.807) is 0 Å². The average Bonchev–Trinajstić information content (AvgIpc) is 2.35. The first-order valence-corrected chi connectivity index (χ1v) is 6.60. The Hall–Kier alpha value is -0.530. The van der Waals surface area contributed by atoms with Gasteiger partial charge in [-0.05, 0) is 36.3 Å². The number of hydrogen-bond donors (Lipinski definition) is 0. The topological polar surface area (TPSA) is 9.23 Å². The van der Waals surface area contributed by atoms with Crippen LogP contribution in [0.3, 0.4) is 0 Å². The number of fused-ring (bicyclic) bond motifs is 1. The van der Waals surface area contributed by atoms with Crippen LogP contribution in [0.2, 0.25) is 0 Å². The van der Waals surface area contributed by atoms with Gasteiger partial charge >= 0.3 is 0 Å². The molecule has 0 amide bonds. The molecule has 0 fully saturated rings. The van der Waals surface area contributed by atoms with E-state index >= 15 is 0 Å². The normalized spacial score (nSPS) is 21.5. The average molecular weight is 239 g/mol. The van der Waals surface area contributed by atoms with E-state index in [2.05, 4.69) is 31.2 Å². The van der Waals surface area contributed by atoms with Crippen molar-refractivity contribution >= 4 is 11.6 Å². The summed E-state index contributed by atoms with van der Waals surface area (Å²) in [5.41, 5.74) is 2.84. The Kier molecular flexibility index (Phi) is 4.25. The van der Waals surface area contributed by atoms with Crippen molar-refractivity contribution in [1.82, 2.24) is 0 Å². The minimum Gasteiger partial charge on any atom is -0.373 e. The van der Waals surface area contributed by atoms with Crippen LogP contribution < -0.4 is 0 Å². The highest BCUT2D eigenvalue weighted by Crippen LogP contribution is 2.32. The van der Waals surface area contributed by atoms with Crippen LogP contribution in [0.5, 0.6) is 0 Å². The van der Waals surface area contributed by atoms with E-state index < -0.39 is 0 Å². The molecular weight excluding hydrogens is 220 g/mol. The third kappa shape index (κ3) is 2.78. The molecule has 0 saturated carbocycles. The monoisotopic (exact) mass is 238 g/mol. The maximum atomic E-state index is 5.98. The lowest BCUT2D eigenvalue weighted by atomic mass is 9.89. The molecule has 0 aliphatic heterocycles. The zero-order chi connectivity index (χ0) is 11.4. The molecule has 1 aliphatic carbocycles. The van der Waals surface area contributed by atoms with E-state index in [-0.39, 0.29) is 6.10 Å². The summed E-state index contributed by atoms with van der Waals surface area (Å²) in [4.78, 5) is 0. The van der Waals surface area contributed by atoms with Crippen LogP contribution in [0.4, 0.5) is 0 Å². The van der Waals surface area contributed by atoms with Crippen molar-refractivity contribution in [3.63, 3.8) is 0 Å². The SMILES string of the molecule is CC(CCl)COC1CCCc2ccccc21. The molecule has 16 heavy (non-hydrogen) atoms. The lowest BCUT2D eigenvalue weighted by Gasteiger charge is -2.26. The lowest BCUT2D eigenvalue weighted by Crippen LogP contribution is -2.16. The Morgan fingerprint density at radius 2 is 2.25 bits per heavy atom. The minimum atomic E-state index is 0.288. The van der Waals surface area contributed by atoms with E-state index in [0.717, 1.165) is 13.0 Å². The van der Waals surface area contributed by atoms with E-state index in [1.165, 1.54) is 24.0 Å². The van der Waals surface area contributed by atoms with Crippen molar-refractivity contribution in [2.24, 2.45) is 5.92 Å². The first kappa shape index (κ1) is 11.9. The number of rotatable bonds is 4. The number of benzene rings is 1. The van der Waals surface area contributed by atoms with E-state index in [1.807, 2.05) is 0 Å². The van der Waals surface area contributed by atoms with Gasteiger partial charge in [0.1, 0.15) is 0 Å². The van der Waals surface area contributed by atoms with Gasteiger partial charge in [0.25, 0.3) is 0 Å². The summed E-state index contributed by atoms with van der Waals surface area (Å²) in [6, 6.07) is 8.63. The third-order valence-electron chi connectivity index (χ3n) is 3.16. The second kappa shape index (κ2) is 5.70. The van der Waals surface area contributed by atoms with Crippen molar-refractivity contribution < 1.29 is 4.74 Å². The quantitative estimate of drug-likeness (QED) is 0.722. The number of halogens is 1. The zero-order valence-corrected chi connectivity index (χ0v) is 10.5. The van der Waals surface area contributed by atoms with Gasteiger partial charge in [-0.25, -0.2) is 0 Å². The van der Waals surface area contributed by atoms with Crippen LogP contribution in [0.25, 0.3) is 0 Å². The summed E-state index contributed by atoms with van der Waals surface area (Å²) in [6.07, 6.45) is 3.86. The summed E-state index contributed by atoms with van der Waals surface area (Å²) >= 11 is 5.79. The predicted octanol–water partition coefficient (Wildman–Crippen LogP) is 3.96. The van der Waals surface area contributed by atoms with Gasteiger partial charge in [0.15, 0.2) is 0 Å². The summed E-state index contributed by atoms with van der Waals surface area (Å²) in [5.74, 6) is 1.12. The molecule has 2 atom stereocenters. The Balaban J connectivity index is 2.01. The van der Waals surface area contributed by atoms with E-state index in [9.17, 15) is 0 Å². The number of aryl methyl sites for hydroxylation is 1. The fourth-order valence-electron chi connectivity index (χ4n) is 2.21. The third-order valence-corrected chi connectivity index (χ3v) is 3.69. The molecule has 1 aromatic carbocycles. The van der Waals surface area contributed by atoms with Gasteiger partial charge in [-0.2, -0.15) is 0 Å². The van der Waals surface area contributed by atoms with Gasteiger partial charge in [0, 0.05) is 5.88 Å². The fourth-order valence-corrected chi connectivity index (χ4v) is 2.30. The largest absolute Gasteiger partial charge is 0.373 e. The van der Waals surface area contributed by atoms with Crippen molar-refractivity contribution in [3.05, 3.63) is 35.4 Å². The van der Waals surface area contributed by atoms with Crippen molar-refractivity contribution in [3.8, 4) is 0 Å². The molecule has 0 aromatic heterocycles. The number of hydrogen-bond acceptors (Lipinski definition) is 1. The van der Waals surface area contributed by atoms with Crippen LogP contribution in [-0.2, 0) is 11.2 Å². The Bertz CT molecular complexity index is 337. The second-order valence-corrected chi connectivity index (χ2v) is 4.98. The molecule has 2 rings (SSSR count). The molecule has 1 nitrogen and oxygen atoms in total. The Morgan fingerprint density at radius 1 is 1.44 bits per heavy atom. The molecule has 0 radical (unpaired) electrons. The van der Waals surface area contributed by atoms with E-state index in [4.69, 9.17) is 16.3 Å². The number of alkyl halides is 1. The van der Waals surface area contributed by atoms with Gasteiger partial charge < -0.3 is 4.74 Å². The summed E-state index contributed by atoms with van der Waals surface area (Å²) < 4.78 is 5.98. The molecule has 0 spiro atoms. The zero-order valence-electron chi connectivity index (χ0n) is 9.79. The van der Waals surface area contributed by atoms with Crippen LogP contribution in [-0.4, -0.2) is 12.5 Å². The fraction of sp³-hybridized carbons (Fsp3) is 0.571. The van der Waals surface area contributed by atoms with Gasteiger partial charge in [0.2, 0.25) is 0 Å². The highest BCUT2D eigenvalue weighted by molar-refractivity contribution is 6.18. The molecule has 88 valence electrons. The van der Waals surface area contributed by atoms with Crippen LogP contribution in [0.1, 0.15) is 37.0 Å². The predicted molar refractivity (Wildman–Crippen MR) is 68.0 cm³/mol. The van der Waals surface area contributed by atoms with Gasteiger partial charge in [-0.1, -0.05) is 31.2 Å². The molecule has 0 N–H and O–H groups in total. The second-order valence-electron chi connectivity index (χ2n) is 4.67. The number of ether oxygens (including phenoxy) is 1. The molecular formula is C14H19ClO. The first-order chi connectivity index (χ1) is 7.81. The molecule has 0 bridgehead atoms. The van der Waals surface area contributed by atoms with Crippen LogP contribution >= 0.6 is 11.6 Å². The maximum absolute atomic E-state index is 5.98. The standard InChI is InChI=1S/C14H19ClO/c1-11(9-15)10-16-14-8-4-6-12-5-2-3-7-13(12)14/h2-3,5,7,11,14H,4,6,8-10H2,1H3. The highest BCUT2D eigenvalue weighted by atomic mass is 35.5. The molecule has 0 saturated heterocycles. The summed E-state index contributed by atoms with van der Waals surface area (Å²) in [6.45, 7) is 2.89. The minimum absolute atomic E-state index is 0.288. The van der Waals surface area contributed by atoms with Crippen LogP contribution in [0.15, 0.2) is 24.3 Å². The van der Waals surface area contributed by atoms with Crippen molar-refractivity contribution in [2.75, 3.05) is 12.5 Å². The Labute approximate surface area is 103 Å². The van der Waals surface area contributed by atoms with E-state index in [0.29, 0.717) is 11.8 Å². The van der Waals surface area contributed by atoms with Gasteiger partial charge in [-0.3, -0.25) is 0 Å². The smallest absolute Gasteiger partial charge is 0.0827 e. The summed E-state index contributed by atoms with van der Waals surface area (Å²) in [5, 5.41) is 0. The molecule has 2 heteroatoms. The molecule has 0 heterocycles. The molecule has 1 aromatic rings. The maximum Gasteiger partial charge on any atom is 0.0827 e. The van der Waals surface area contributed by atoms with Crippen LogP contribution in [0, 0.1) is 5.92 Å². The first-order valence-electron chi connectivity index (χ1n) is 6.06. The van der Waals surface area contributed by atoms with Gasteiger partial charge in [0.05, 0.1) is 12.7 Å². The lowest BCUT2D eigenvalue weighted by molar-refractivity contribution is 0.0249. The van der Waals surface area contributed by atoms with Gasteiger partial charge in [-0.15, -0.1) is 11.6 Å².